The smallest absolute Gasteiger partial charge is 0.160 e. The zero-order valence-electron chi connectivity index (χ0n) is 33.4. The van der Waals surface area contributed by atoms with Crippen LogP contribution < -0.4 is 0 Å². The molecule has 0 bridgehead atoms. The molecule has 60 heavy (non-hydrogen) atoms. The van der Waals surface area contributed by atoms with E-state index in [1.54, 1.807) is 17.3 Å². The van der Waals surface area contributed by atoms with Crippen molar-refractivity contribution < 1.29 is 0 Å². The van der Waals surface area contributed by atoms with Crippen molar-refractivity contribution in [3.63, 3.8) is 0 Å². The molecular formula is C57H43N3. The van der Waals surface area contributed by atoms with Gasteiger partial charge in [0.05, 0.1) is 11.4 Å². The maximum Gasteiger partial charge on any atom is 0.160 e. The largest absolute Gasteiger partial charge is 0.264 e. The Hall–Kier alpha value is -7.23. The molecule has 1 fully saturated rings. The molecule has 0 aliphatic heterocycles. The Kier molecular flexibility index (Phi) is 9.08. The zero-order chi connectivity index (χ0) is 39.9. The third-order valence-corrected chi connectivity index (χ3v) is 12.9. The molecule has 0 saturated heterocycles. The molecule has 2 heterocycles. The molecule has 0 radical (unpaired) electrons. The topological polar surface area (TPSA) is 38.7 Å². The Balaban J connectivity index is 0.834. The van der Waals surface area contributed by atoms with E-state index in [2.05, 4.69) is 169 Å². The van der Waals surface area contributed by atoms with Crippen molar-refractivity contribution in [1.29, 1.82) is 0 Å². The minimum absolute atomic E-state index is 0.198. The molecule has 1 spiro atoms. The van der Waals surface area contributed by atoms with Gasteiger partial charge >= 0.3 is 0 Å². The lowest BCUT2D eigenvalue weighted by Crippen LogP contribution is -2.27. The molecule has 2 aliphatic rings. The molecule has 3 nitrogen and oxygen atoms in total. The summed E-state index contributed by atoms with van der Waals surface area (Å²) in [7, 11) is 0. The number of benzene rings is 7. The summed E-state index contributed by atoms with van der Waals surface area (Å²) < 4.78 is 0. The van der Waals surface area contributed by atoms with E-state index in [1.807, 2.05) is 30.5 Å². The molecule has 7 aromatic carbocycles. The van der Waals surface area contributed by atoms with Gasteiger partial charge in [-0.05, 0) is 97.8 Å². The van der Waals surface area contributed by atoms with Gasteiger partial charge in [0.25, 0.3) is 0 Å². The Morgan fingerprint density at radius 3 is 1.37 bits per heavy atom. The third-order valence-electron chi connectivity index (χ3n) is 12.9. The van der Waals surface area contributed by atoms with Gasteiger partial charge in [-0.25, -0.2) is 9.97 Å². The summed E-state index contributed by atoms with van der Waals surface area (Å²) in [6.07, 6.45) is 10.2. The normalized spacial score (nSPS) is 13.8. The minimum atomic E-state index is 0.198. The van der Waals surface area contributed by atoms with Gasteiger partial charge in [0.2, 0.25) is 0 Å². The second kappa shape index (κ2) is 15.2. The number of hydrogen-bond acceptors (Lipinski definition) is 3. The molecule has 0 unspecified atom stereocenters. The van der Waals surface area contributed by atoms with Crippen LogP contribution in [0.1, 0.15) is 43.2 Å². The van der Waals surface area contributed by atoms with Gasteiger partial charge in [0, 0.05) is 34.5 Å². The lowest BCUT2D eigenvalue weighted by molar-refractivity contribution is 0.353. The number of nitrogens with zero attached hydrogens (tertiary/aromatic N) is 3. The van der Waals surface area contributed by atoms with Gasteiger partial charge in [0.15, 0.2) is 5.82 Å². The molecular weight excluding hydrogens is 727 g/mol. The van der Waals surface area contributed by atoms with Gasteiger partial charge in [-0.1, -0.05) is 189 Å². The number of rotatable bonds is 7. The van der Waals surface area contributed by atoms with Crippen LogP contribution in [-0.2, 0) is 5.41 Å². The molecule has 0 atom stereocenters. The van der Waals surface area contributed by atoms with Crippen LogP contribution in [-0.4, -0.2) is 15.0 Å². The molecule has 0 N–H and O–H groups in total. The lowest BCUT2D eigenvalue weighted by atomic mass is 9.68. The molecule has 1 saturated carbocycles. The van der Waals surface area contributed by atoms with E-state index < -0.39 is 0 Å². The van der Waals surface area contributed by atoms with Crippen LogP contribution in [0.2, 0.25) is 0 Å². The first kappa shape index (κ1) is 35.9. The summed E-state index contributed by atoms with van der Waals surface area (Å²) in [6.45, 7) is 0. The van der Waals surface area contributed by atoms with Crippen LogP contribution in [0.4, 0.5) is 0 Å². The van der Waals surface area contributed by atoms with Gasteiger partial charge in [-0.2, -0.15) is 0 Å². The van der Waals surface area contributed by atoms with Gasteiger partial charge in [-0.15, -0.1) is 0 Å². The second-order valence-corrected chi connectivity index (χ2v) is 16.3. The lowest BCUT2D eigenvalue weighted by Gasteiger charge is -2.36. The first-order chi connectivity index (χ1) is 29.7. The fourth-order valence-corrected chi connectivity index (χ4v) is 9.71. The molecule has 2 aromatic heterocycles. The fourth-order valence-electron chi connectivity index (χ4n) is 9.71. The van der Waals surface area contributed by atoms with E-state index >= 15 is 0 Å². The number of hydrogen-bond donors (Lipinski definition) is 0. The zero-order valence-corrected chi connectivity index (χ0v) is 33.4. The summed E-state index contributed by atoms with van der Waals surface area (Å²) in [5, 5.41) is 0. The van der Waals surface area contributed by atoms with E-state index in [4.69, 9.17) is 9.97 Å². The predicted molar refractivity (Wildman–Crippen MR) is 247 cm³/mol. The Morgan fingerprint density at radius 2 is 0.800 bits per heavy atom. The maximum atomic E-state index is 5.06. The van der Waals surface area contributed by atoms with Gasteiger partial charge in [0.1, 0.15) is 0 Å². The summed E-state index contributed by atoms with van der Waals surface area (Å²) in [5.41, 5.74) is 20.5. The van der Waals surface area contributed by atoms with Crippen molar-refractivity contribution in [3.8, 4) is 89.5 Å². The molecule has 2 aliphatic carbocycles. The monoisotopic (exact) mass is 769 g/mol. The van der Waals surface area contributed by atoms with E-state index in [0.717, 1.165) is 44.8 Å². The number of pyridine rings is 1. The fraction of sp³-hybridized carbons (Fsp3) is 0.105. The second-order valence-electron chi connectivity index (χ2n) is 16.3. The van der Waals surface area contributed by atoms with Crippen LogP contribution in [0.3, 0.4) is 0 Å². The Morgan fingerprint density at radius 1 is 0.333 bits per heavy atom. The summed E-state index contributed by atoms with van der Waals surface area (Å²) in [6, 6.07) is 68.0. The first-order valence-electron chi connectivity index (χ1n) is 21.2. The average Bonchev–Trinajstić information content (AvgIpc) is 3.60. The van der Waals surface area contributed by atoms with E-state index in [9.17, 15) is 0 Å². The highest BCUT2D eigenvalue weighted by atomic mass is 14.9. The van der Waals surface area contributed by atoms with Gasteiger partial charge in [-0.3, -0.25) is 4.98 Å². The Bertz CT molecular complexity index is 2950. The van der Waals surface area contributed by atoms with Crippen molar-refractivity contribution in [2.75, 3.05) is 0 Å². The van der Waals surface area contributed by atoms with Crippen molar-refractivity contribution in [2.45, 2.75) is 37.5 Å². The third kappa shape index (κ3) is 6.53. The quantitative estimate of drug-likeness (QED) is 0.162. The molecule has 11 rings (SSSR count). The first-order valence-corrected chi connectivity index (χ1v) is 21.2. The van der Waals surface area contributed by atoms with Crippen molar-refractivity contribution >= 4 is 0 Å². The summed E-state index contributed by atoms with van der Waals surface area (Å²) >= 11 is 0. The van der Waals surface area contributed by atoms with Crippen molar-refractivity contribution in [3.05, 3.63) is 212 Å². The van der Waals surface area contributed by atoms with E-state index in [1.165, 1.54) is 71.0 Å². The summed E-state index contributed by atoms with van der Waals surface area (Å²) in [4.78, 5) is 14.4. The standard InChI is InChI=1S/C57H43N3/c1-3-10-47(11-4-1)56-59-54(37-55(60-56)46-29-25-44(26-30-46)49-12-9-35-58-38-49)45-27-23-42(24-28-45)40-17-15-39(16-18-40)41-19-21-43(22-20-41)48-31-32-53-51(36-48)50-13-5-6-14-52(50)57(53)33-7-2-8-34-57/h1,3-6,9-32,35-38H,2,7-8,33-34H2. The van der Waals surface area contributed by atoms with E-state index in [0.29, 0.717) is 5.82 Å². The molecule has 0 amide bonds. The van der Waals surface area contributed by atoms with Crippen molar-refractivity contribution in [1.82, 2.24) is 15.0 Å². The number of fused-ring (bicyclic) bond motifs is 5. The highest BCUT2D eigenvalue weighted by Crippen LogP contribution is 2.56. The highest BCUT2D eigenvalue weighted by molar-refractivity contribution is 5.85. The molecule has 9 aromatic rings. The Labute approximate surface area is 352 Å². The van der Waals surface area contributed by atoms with Gasteiger partial charge < -0.3 is 0 Å². The minimum Gasteiger partial charge on any atom is -0.264 e. The number of aromatic nitrogens is 3. The highest BCUT2D eigenvalue weighted by Gasteiger charge is 2.43. The predicted octanol–water partition coefficient (Wildman–Crippen LogP) is 14.8. The van der Waals surface area contributed by atoms with E-state index in [-0.39, 0.29) is 5.41 Å². The summed E-state index contributed by atoms with van der Waals surface area (Å²) in [5.74, 6) is 0.706. The van der Waals surface area contributed by atoms with Crippen LogP contribution in [0.25, 0.3) is 89.5 Å². The SMILES string of the molecule is c1ccc(-c2nc(-c3ccc(-c4ccc(-c5ccc(-c6ccc7c(c6)-c6ccccc6C76CCCCC6)cc5)cc4)cc3)cc(-c3ccc(-c4cccnc4)cc3)n2)cc1. The van der Waals surface area contributed by atoms with Crippen LogP contribution in [0, 0.1) is 0 Å². The average molecular weight is 770 g/mol. The molecule has 286 valence electrons. The van der Waals surface area contributed by atoms with Crippen LogP contribution >= 0.6 is 0 Å². The van der Waals surface area contributed by atoms with Crippen LogP contribution in [0.15, 0.2) is 200 Å². The maximum absolute atomic E-state index is 5.06. The molecule has 3 heteroatoms. The van der Waals surface area contributed by atoms with Crippen LogP contribution in [0.5, 0.6) is 0 Å². The van der Waals surface area contributed by atoms with Crippen molar-refractivity contribution in [2.24, 2.45) is 0 Å².